The molecular formula is C55H70O11Si. The van der Waals surface area contributed by atoms with Crippen molar-refractivity contribution in [3.63, 3.8) is 0 Å². The Morgan fingerprint density at radius 1 is 0.701 bits per heavy atom. The Hall–Kier alpha value is -4.21. The normalized spacial score (nSPS) is 28.6. The monoisotopic (exact) mass is 934 g/mol. The number of methoxy groups -OCH3 is 2. The van der Waals surface area contributed by atoms with Gasteiger partial charge in [0.2, 0.25) is 0 Å². The van der Waals surface area contributed by atoms with E-state index >= 15 is 0 Å². The molecule has 0 aromatic heterocycles. The molecule has 0 saturated carbocycles. The molecular weight excluding hydrogens is 865 g/mol. The van der Waals surface area contributed by atoms with Crippen LogP contribution in [0.3, 0.4) is 0 Å². The molecule has 0 amide bonds. The van der Waals surface area contributed by atoms with Crippen molar-refractivity contribution in [1.29, 1.82) is 0 Å². The van der Waals surface area contributed by atoms with Gasteiger partial charge >= 0.3 is 0 Å². The summed E-state index contributed by atoms with van der Waals surface area (Å²) in [6, 6.07) is 30.5. The molecule has 0 radical (unpaired) electrons. The van der Waals surface area contributed by atoms with Gasteiger partial charge in [-0.2, -0.15) is 0 Å². The summed E-state index contributed by atoms with van der Waals surface area (Å²) in [5.41, 5.74) is 3.15. The number of fused-ring (bicyclic) bond motifs is 3. The van der Waals surface area contributed by atoms with Crippen LogP contribution in [0.25, 0.3) is 10.8 Å². The van der Waals surface area contributed by atoms with Gasteiger partial charge in [0, 0.05) is 25.9 Å². The zero-order valence-electron chi connectivity index (χ0n) is 40.3. The number of hydrogen-bond acceptors (Lipinski definition) is 11. The third kappa shape index (κ3) is 12.9. The van der Waals surface area contributed by atoms with Crippen molar-refractivity contribution < 1.29 is 51.9 Å². The summed E-state index contributed by atoms with van der Waals surface area (Å²) in [6.07, 6.45) is 6.80. The molecule has 11 nitrogen and oxygen atoms in total. The summed E-state index contributed by atoms with van der Waals surface area (Å²) in [4.78, 5) is 14.2. The summed E-state index contributed by atoms with van der Waals surface area (Å²) in [7, 11) is 1.04. The van der Waals surface area contributed by atoms with Crippen LogP contribution in [0.5, 0.6) is 11.5 Å². The van der Waals surface area contributed by atoms with E-state index in [-0.39, 0.29) is 41.8 Å². The standard InChI is InChI=1S/C55H70O11Si/c1-55(2,3)67(6,7)66-53-32-50-51(30-44(27-28-60-50)61-35-39-15-20-40-11-8-9-12-41(40)29-39)65-52(53)31-49-45(56)25-26-48-47(63-49)14-10-13-46(62-34-38-18-23-43(58-5)24-19-38)54(64-48)36-59-33-37-16-21-42(57-4)22-17-37/h8-13,15-26,29,44,46-54H,14,27-28,30-36H2,1-7H3/b13-10-/t44-,46-,47+,48-,49-,50+,51-,52+,53-,54+/m0/s1. The molecule has 0 N–H and O–H groups in total. The van der Waals surface area contributed by atoms with Crippen molar-refractivity contribution in [2.75, 3.05) is 27.4 Å². The molecule has 4 aromatic rings. The quantitative estimate of drug-likeness (QED) is 0.0791. The molecule has 4 aromatic carbocycles. The van der Waals surface area contributed by atoms with E-state index in [4.69, 9.17) is 47.1 Å². The van der Waals surface area contributed by atoms with Gasteiger partial charge in [-0.3, -0.25) is 4.79 Å². The van der Waals surface area contributed by atoms with Crippen molar-refractivity contribution in [2.45, 2.75) is 152 Å². The Bertz CT molecular complexity index is 2270. The Kier molecular flexibility index (Phi) is 16.5. The molecule has 2 saturated heterocycles. The first-order valence-electron chi connectivity index (χ1n) is 24.0. The van der Waals surface area contributed by atoms with Crippen molar-refractivity contribution in [2.24, 2.45) is 0 Å². The van der Waals surface area contributed by atoms with E-state index < -0.39 is 44.9 Å². The number of benzene rings is 4. The maximum Gasteiger partial charge on any atom is 0.192 e. The molecule has 12 heteroatoms. The number of hydrogen-bond donors (Lipinski definition) is 0. The average molecular weight is 935 g/mol. The highest BCUT2D eigenvalue weighted by molar-refractivity contribution is 6.74. The van der Waals surface area contributed by atoms with Crippen LogP contribution >= 0.6 is 0 Å². The molecule has 2 fully saturated rings. The van der Waals surface area contributed by atoms with Gasteiger partial charge in [-0.15, -0.1) is 0 Å². The van der Waals surface area contributed by atoms with Crippen LogP contribution in [0.1, 0.15) is 69.6 Å². The summed E-state index contributed by atoms with van der Waals surface area (Å²) in [5, 5.41) is 2.38. The average Bonchev–Trinajstić information content (AvgIpc) is 3.60. The zero-order valence-corrected chi connectivity index (χ0v) is 41.3. The summed E-state index contributed by atoms with van der Waals surface area (Å²) in [6.45, 7) is 13.4. The second-order valence-corrected chi connectivity index (χ2v) is 24.6. The second-order valence-electron chi connectivity index (χ2n) is 19.9. The van der Waals surface area contributed by atoms with E-state index in [0.717, 1.165) is 34.6 Å². The Labute approximate surface area is 398 Å². The molecule has 0 unspecified atom stereocenters. The number of ether oxygens (including phenoxy) is 9. The fraction of sp³-hybridized carbons (Fsp3) is 0.509. The van der Waals surface area contributed by atoms with Crippen LogP contribution in [0.15, 0.2) is 115 Å². The van der Waals surface area contributed by atoms with Crippen molar-refractivity contribution in [3.05, 3.63) is 132 Å². The molecule has 0 aliphatic carbocycles. The van der Waals surface area contributed by atoms with Crippen molar-refractivity contribution >= 4 is 24.9 Å². The highest BCUT2D eigenvalue weighted by Crippen LogP contribution is 2.42. The van der Waals surface area contributed by atoms with E-state index in [0.29, 0.717) is 52.1 Å². The number of ketones is 1. The number of carbonyl (C=O) groups is 1. The van der Waals surface area contributed by atoms with Gasteiger partial charge in [-0.1, -0.05) is 93.6 Å². The lowest BCUT2D eigenvalue weighted by molar-refractivity contribution is -0.195. The third-order valence-corrected chi connectivity index (χ3v) is 18.6. The lowest BCUT2D eigenvalue weighted by atomic mass is 9.91. The molecule has 360 valence electrons. The molecule has 0 bridgehead atoms. The summed E-state index contributed by atoms with van der Waals surface area (Å²) < 4.78 is 64.7. The fourth-order valence-corrected chi connectivity index (χ4v) is 10.4. The number of rotatable bonds is 16. The zero-order chi connectivity index (χ0) is 47.0. The van der Waals surface area contributed by atoms with Gasteiger partial charge in [-0.05, 0) is 101 Å². The highest BCUT2D eigenvalue weighted by Gasteiger charge is 2.48. The minimum atomic E-state index is -2.27. The van der Waals surface area contributed by atoms with Gasteiger partial charge in [0.15, 0.2) is 14.1 Å². The molecule has 8 rings (SSSR count). The maximum atomic E-state index is 14.2. The Morgan fingerprint density at radius 2 is 1.39 bits per heavy atom. The SMILES string of the molecule is COc1ccc(COC[C@H]2O[C@H]3C=CC(=O)[C@H](C[C@H]4O[C@H]5C[C@@H](OCc6ccc7ccccc7c6)CCO[C@@H]5C[C@@H]4O[Si](C)(C)C(C)(C)C)O[C@@H]3C/C=C\[C@@H]2OCc2ccc(OC)cc2)cc1. The Morgan fingerprint density at radius 3 is 2.10 bits per heavy atom. The van der Waals surface area contributed by atoms with Crippen LogP contribution < -0.4 is 9.47 Å². The molecule has 4 aliphatic rings. The van der Waals surface area contributed by atoms with Gasteiger partial charge in [0.1, 0.15) is 35.9 Å². The smallest absolute Gasteiger partial charge is 0.192 e. The largest absolute Gasteiger partial charge is 0.497 e. The molecule has 0 spiro atoms. The van der Waals surface area contributed by atoms with Gasteiger partial charge in [0.25, 0.3) is 0 Å². The van der Waals surface area contributed by atoms with Crippen molar-refractivity contribution in [3.8, 4) is 11.5 Å². The van der Waals surface area contributed by atoms with E-state index in [1.807, 2.05) is 60.7 Å². The second kappa shape index (κ2) is 22.5. The predicted octanol–water partition coefficient (Wildman–Crippen LogP) is 10.3. The first kappa shape index (κ1) is 49.2. The van der Waals surface area contributed by atoms with E-state index in [9.17, 15) is 4.79 Å². The summed E-state index contributed by atoms with van der Waals surface area (Å²) >= 11 is 0. The lowest BCUT2D eigenvalue weighted by Gasteiger charge is -2.47. The first-order chi connectivity index (χ1) is 32.3. The van der Waals surface area contributed by atoms with E-state index in [1.165, 1.54) is 10.8 Å². The minimum absolute atomic E-state index is 0.0291. The predicted molar refractivity (Wildman–Crippen MR) is 261 cm³/mol. The lowest BCUT2D eigenvalue weighted by Crippen LogP contribution is -2.55. The van der Waals surface area contributed by atoms with Crippen LogP contribution in [0.4, 0.5) is 0 Å². The van der Waals surface area contributed by atoms with Gasteiger partial charge < -0.3 is 47.1 Å². The third-order valence-electron chi connectivity index (χ3n) is 14.1. The fourth-order valence-electron chi connectivity index (χ4n) is 9.08. The van der Waals surface area contributed by atoms with Crippen LogP contribution in [-0.4, -0.2) is 103 Å². The van der Waals surface area contributed by atoms with Crippen molar-refractivity contribution in [1.82, 2.24) is 0 Å². The molecule has 67 heavy (non-hydrogen) atoms. The van der Waals surface area contributed by atoms with Crippen LogP contribution in [-0.2, 0) is 62.2 Å². The van der Waals surface area contributed by atoms with Gasteiger partial charge in [-0.25, -0.2) is 0 Å². The molecule has 4 aliphatic heterocycles. The van der Waals surface area contributed by atoms with Crippen LogP contribution in [0, 0.1) is 0 Å². The maximum absolute atomic E-state index is 14.2. The molecule has 10 atom stereocenters. The van der Waals surface area contributed by atoms with Crippen LogP contribution in [0.2, 0.25) is 18.1 Å². The first-order valence-corrected chi connectivity index (χ1v) is 26.9. The summed E-state index contributed by atoms with van der Waals surface area (Å²) in [5.74, 6) is 1.45. The minimum Gasteiger partial charge on any atom is -0.497 e. The van der Waals surface area contributed by atoms with E-state index in [1.54, 1.807) is 20.3 Å². The molecule has 4 heterocycles. The highest BCUT2D eigenvalue weighted by atomic mass is 28.4. The topological polar surface area (TPSA) is 109 Å². The van der Waals surface area contributed by atoms with E-state index in [2.05, 4.69) is 82.4 Å². The Balaban J connectivity index is 0.971. The van der Waals surface area contributed by atoms with Gasteiger partial charge in [0.05, 0.1) is 77.3 Å². The number of carbonyl (C=O) groups excluding carboxylic acids is 1.